The largest absolute Gasteiger partial charge is 0.478 e. The summed E-state index contributed by atoms with van der Waals surface area (Å²) >= 11 is 5.71. The summed E-state index contributed by atoms with van der Waals surface area (Å²) in [6.45, 7) is -0.167. The van der Waals surface area contributed by atoms with E-state index in [-0.39, 0.29) is 6.61 Å². The highest BCUT2D eigenvalue weighted by Gasteiger charge is 1.99. The van der Waals surface area contributed by atoms with Crippen LogP contribution in [0.2, 0.25) is 5.02 Å². The van der Waals surface area contributed by atoms with Gasteiger partial charge in [-0.05, 0) is 29.3 Å². The van der Waals surface area contributed by atoms with Crippen LogP contribution in [0, 0.1) is 0 Å². The zero-order chi connectivity index (χ0) is 10.6. The van der Waals surface area contributed by atoms with Gasteiger partial charge < -0.3 is 10.2 Å². The van der Waals surface area contributed by atoms with E-state index in [2.05, 4.69) is 0 Å². The number of halogens is 1. The summed E-state index contributed by atoms with van der Waals surface area (Å²) in [5.74, 6) is -1.02. The molecule has 0 saturated carbocycles. The van der Waals surface area contributed by atoms with Gasteiger partial charge in [0, 0.05) is 11.1 Å². The summed E-state index contributed by atoms with van der Waals surface area (Å²) in [5, 5.41) is 17.9. The first kappa shape index (κ1) is 10.8. The lowest BCUT2D eigenvalue weighted by Gasteiger charge is -2.02. The Labute approximate surface area is 86.3 Å². The predicted molar refractivity (Wildman–Crippen MR) is 54.0 cm³/mol. The van der Waals surface area contributed by atoms with Gasteiger partial charge in [-0.25, -0.2) is 4.79 Å². The SMILES string of the molecule is O=C(O)C=Cc1ccc(Cl)cc1CO. The predicted octanol–water partition coefficient (Wildman–Crippen LogP) is 1.93. The lowest BCUT2D eigenvalue weighted by atomic mass is 10.1. The Bertz CT molecular complexity index is 372. The third-order valence-electron chi connectivity index (χ3n) is 1.68. The number of aliphatic carboxylic acids is 1. The minimum absolute atomic E-state index is 0.167. The second-order valence-corrected chi connectivity index (χ2v) is 3.11. The van der Waals surface area contributed by atoms with Gasteiger partial charge in [-0.3, -0.25) is 0 Å². The van der Waals surface area contributed by atoms with Gasteiger partial charge in [0.2, 0.25) is 0 Å². The molecule has 0 fully saturated rings. The molecule has 0 aromatic heterocycles. The molecule has 0 aliphatic rings. The second kappa shape index (κ2) is 4.79. The van der Waals surface area contributed by atoms with Crippen molar-refractivity contribution in [3.8, 4) is 0 Å². The van der Waals surface area contributed by atoms with Crippen molar-refractivity contribution in [2.45, 2.75) is 6.61 Å². The number of rotatable bonds is 3. The summed E-state index contributed by atoms with van der Waals surface area (Å²) in [5.41, 5.74) is 1.26. The lowest BCUT2D eigenvalue weighted by molar-refractivity contribution is -0.131. The maximum atomic E-state index is 10.3. The van der Waals surface area contributed by atoms with Crippen molar-refractivity contribution in [2.24, 2.45) is 0 Å². The Balaban J connectivity index is 3.02. The van der Waals surface area contributed by atoms with Crippen LogP contribution in [0.3, 0.4) is 0 Å². The van der Waals surface area contributed by atoms with Crippen LogP contribution < -0.4 is 0 Å². The van der Waals surface area contributed by atoms with E-state index in [1.165, 1.54) is 6.08 Å². The average Bonchev–Trinajstić information content (AvgIpc) is 2.15. The van der Waals surface area contributed by atoms with E-state index >= 15 is 0 Å². The summed E-state index contributed by atoms with van der Waals surface area (Å²) in [4.78, 5) is 10.3. The summed E-state index contributed by atoms with van der Waals surface area (Å²) in [6.07, 6.45) is 2.44. The van der Waals surface area contributed by atoms with Crippen molar-refractivity contribution in [3.05, 3.63) is 40.4 Å². The van der Waals surface area contributed by atoms with E-state index in [1.54, 1.807) is 18.2 Å². The number of aliphatic hydroxyl groups is 1. The Hall–Kier alpha value is -1.32. The third-order valence-corrected chi connectivity index (χ3v) is 1.92. The Morgan fingerprint density at radius 1 is 1.50 bits per heavy atom. The summed E-state index contributed by atoms with van der Waals surface area (Å²) in [6, 6.07) is 4.90. The van der Waals surface area contributed by atoms with Crippen LogP contribution in [0.4, 0.5) is 0 Å². The van der Waals surface area contributed by atoms with Crippen LogP contribution in [-0.2, 0) is 11.4 Å². The van der Waals surface area contributed by atoms with Crippen LogP contribution in [0.1, 0.15) is 11.1 Å². The van der Waals surface area contributed by atoms with Gasteiger partial charge in [-0.1, -0.05) is 17.7 Å². The second-order valence-electron chi connectivity index (χ2n) is 2.67. The van der Waals surface area contributed by atoms with E-state index in [0.29, 0.717) is 16.1 Å². The normalized spacial score (nSPS) is 10.7. The zero-order valence-corrected chi connectivity index (χ0v) is 8.03. The molecule has 4 heteroatoms. The van der Waals surface area contributed by atoms with Gasteiger partial charge in [0.25, 0.3) is 0 Å². The van der Waals surface area contributed by atoms with Crippen molar-refractivity contribution in [3.63, 3.8) is 0 Å². The molecule has 3 nitrogen and oxygen atoms in total. The zero-order valence-electron chi connectivity index (χ0n) is 7.27. The van der Waals surface area contributed by atoms with Gasteiger partial charge in [-0.2, -0.15) is 0 Å². The summed E-state index contributed by atoms with van der Waals surface area (Å²) in [7, 11) is 0. The third kappa shape index (κ3) is 2.87. The highest BCUT2D eigenvalue weighted by atomic mass is 35.5. The molecule has 0 radical (unpaired) electrons. The van der Waals surface area contributed by atoms with Crippen molar-refractivity contribution >= 4 is 23.6 Å². The fourth-order valence-electron chi connectivity index (χ4n) is 1.03. The van der Waals surface area contributed by atoms with Gasteiger partial charge in [0.15, 0.2) is 0 Å². The highest BCUT2D eigenvalue weighted by Crippen LogP contribution is 2.17. The van der Waals surface area contributed by atoms with Crippen LogP contribution in [0.5, 0.6) is 0 Å². The molecule has 2 N–H and O–H groups in total. The maximum absolute atomic E-state index is 10.3. The van der Waals surface area contributed by atoms with Crippen LogP contribution >= 0.6 is 11.6 Å². The van der Waals surface area contributed by atoms with E-state index in [9.17, 15) is 4.79 Å². The van der Waals surface area contributed by atoms with Crippen molar-refractivity contribution in [2.75, 3.05) is 0 Å². The van der Waals surface area contributed by atoms with E-state index in [0.717, 1.165) is 6.08 Å². The Morgan fingerprint density at radius 3 is 2.79 bits per heavy atom. The first-order chi connectivity index (χ1) is 6.63. The molecule has 0 aliphatic heterocycles. The van der Waals surface area contributed by atoms with Gasteiger partial charge >= 0.3 is 5.97 Å². The first-order valence-corrected chi connectivity index (χ1v) is 4.31. The number of carboxylic acid groups (broad SMARTS) is 1. The molecule has 0 amide bonds. The van der Waals surface area contributed by atoms with Crippen LogP contribution in [0.15, 0.2) is 24.3 Å². The van der Waals surface area contributed by atoms with Crippen molar-refractivity contribution < 1.29 is 15.0 Å². The first-order valence-electron chi connectivity index (χ1n) is 3.94. The molecule has 74 valence electrons. The average molecular weight is 213 g/mol. The minimum Gasteiger partial charge on any atom is -0.478 e. The number of hydrogen-bond acceptors (Lipinski definition) is 2. The van der Waals surface area contributed by atoms with E-state index in [1.807, 2.05) is 0 Å². The topological polar surface area (TPSA) is 57.5 Å². The molecule has 1 aromatic carbocycles. The molecule has 0 bridgehead atoms. The Morgan fingerprint density at radius 2 is 2.21 bits per heavy atom. The van der Waals surface area contributed by atoms with Crippen molar-refractivity contribution in [1.29, 1.82) is 0 Å². The Kier molecular flexibility index (Phi) is 3.68. The quantitative estimate of drug-likeness (QED) is 0.753. The van der Waals surface area contributed by atoms with E-state index in [4.69, 9.17) is 21.8 Å². The molecule has 14 heavy (non-hydrogen) atoms. The monoisotopic (exact) mass is 212 g/mol. The smallest absolute Gasteiger partial charge is 0.328 e. The van der Waals surface area contributed by atoms with E-state index < -0.39 is 5.97 Å². The van der Waals surface area contributed by atoms with Crippen molar-refractivity contribution in [1.82, 2.24) is 0 Å². The number of carboxylic acids is 1. The fraction of sp³-hybridized carbons (Fsp3) is 0.100. The number of aliphatic hydroxyl groups excluding tert-OH is 1. The molecule has 0 aliphatic carbocycles. The molecular weight excluding hydrogens is 204 g/mol. The van der Waals surface area contributed by atoms with Crippen LogP contribution in [-0.4, -0.2) is 16.2 Å². The molecule has 0 unspecified atom stereocenters. The van der Waals surface area contributed by atoms with Gasteiger partial charge in [-0.15, -0.1) is 0 Å². The number of hydrogen-bond donors (Lipinski definition) is 2. The maximum Gasteiger partial charge on any atom is 0.328 e. The molecule has 1 rings (SSSR count). The molecule has 0 spiro atoms. The molecule has 1 aromatic rings. The minimum atomic E-state index is -1.02. The van der Waals surface area contributed by atoms with Gasteiger partial charge in [0.05, 0.1) is 6.61 Å². The fourth-order valence-corrected chi connectivity index (χ4v) is 1.23. The number of benzene rings is 1. The molecule has 0 saturated heterocycles. The van der Waals surface area contributed by atoms with Crippen LogP contribution in [0.25, 0.3) is 6.08 Å². The summed E-state index contributed by atoms with van der Waals surface area (Å²) < 4.78 is 0. The lowest BCUT2D eigenvalue weighted by Crippen LogP contribution is -1.90. The molecular formula is C10H9ClO3. The standard InChI is InChI=1S/C10H9ClO3/c11-9-3-1-7(2-4-10(13)14)8(5-9)6-12/h1-5,12H,6H2,(H,13,14). The van der Waals surface area contributed by atoms with Gasteiger partial charge in [0.1, 0.15) is 0 Å². The molecule has 0 heterocycles. The molecule has 0 atom stereocenters. The highest BCUT2D eigenvalue weighted by molar-refractivity contribution is 6.30. The number of carbonyl (C=O) groups is 1.